The number of azo groups is 2. The average Bonchev–Trinajstić information content (AvgIpc) is 2.83. The Morgan fingerprint density at radius 1 is 0.613 bits per heavy atom. The number of aromatic nitrogens is 1. The summed E-state index contributed by atoms with van der Waals surface area (Å²) in [5.41, 5.74) is 3.31. The zero-order chi connectivity index (χ0) is 21.3. The van der Waals surface area contributed by atoms with Crippen molar-refractivity contribution in [3.8, 4) is 5.75 Å². The van der Waals surface area contributed by atoms with E-state index in [4.69, 9.17) is 0 Å². The Labute approximate surface area is 179 Å². The van der Waals surface area contributed by atoms with Crippen LogP contribution in [0, 0.1) is 0 Å². The van der Waals surface area contributed by atoms with E-state index >= 15 is 0 Å². The van der Waals surface area contributed by atoms with Crippen LogP contribution in [0.4, 0.5) is 28.6 Å². The maximum absolute atomic E-state index is 10.1. The summed E-state index contributed by atoms with van der Waals surface area (Å²) in [5, 5.41) is 26.9. The van der Waals surface area contributed by atoms with Gasteiger partial charge in [0.2, 0.25) is 0 Å². The second kappa shape index (κ2) is 9.80. The monoisotopic (exact) mass is 406 g/mol. The van der Waals surface area contributed by atoms with E-state index in [2.05, 4.69) is 30.4 Å². The molecule has 0 radical (unpaired) electrons. The number of rotatable bonds is 6. The molecular formula is C24H18N6O. The van der Waals surface area contributed by atoms with Crippen molar-refractivity contribution < 1.29 is 5.11 Å². The van der Waals surface area contributed by atoms with Crippen LogP contribution in [-0.2, 0) is 0 Å². The molecule has 0 amide bonds. The second-order valence-electron chi connectivity index (χ2n) is 6.44. The van der Waals surface area contributed by atoms with E-state index in [1.165, 1.54) is 0 Å². The summed E-state index contributed by atoms with van der Waals surface area (Å²) in [4.78, 5) is 8.38. The minimum atomic E-state index is 0.103. The van der Waals surface area contributed by atoms with E-state index in [-0.39, 0.29) is 5.75 Å². The Hall–Kier alpha value is -4.52. The number of benzene rings is 3. The summed E-state index contributed by atoms with van der Waals surface area (Å²) in [6.07, 6.45) is 3.20. The number of nitrogens with zero attached hydrogens (tertiary/aromatic N) is 6. The van der Waals surface area contributed by atoms with Gasteiger partial charge in [0.05, 0.1) is 22.7 Å². The molecule has 31 heavy (non-hydrogen) atoms. The van der Waals surface area contributed by atoms with Crippen molar-refractivity contribution in [2.24, 2.45) is 25.4 Å². The number of aromatic hydroxyl groups is 1. The number of phenolic OH excluding ortho intramolecular Hbond substituents is 1. The first-order chi connectivity index (χ1) is 15.3. The zero-order valence-corrected chi connectivity index (χ0v) is 16.4. The predicted octanol–water partition coefficient (Wildman–Crippen LogP) is 7.37. The highest BCUT2D eigenvalue weighted by Gasteiger charge is 2.01. The molecule has 7 nitrogen and oxygen atoms in total. The van der Waals surface area contributed by atoms with Crippen LogP contribution >= 0.6 is 0 Å². The van der Waals surface area contributed by atoms with Crippen LogP contribution in [0.2, 0.25) is 0 Å². The molecular weight excluding hydrogens is 388 g/mol. The van der Waals surface area contributed by atoms with Crippen LogP contribution in [0.1, 0.15) is 5.56 Å². The molecule has 150 valence electrons. The van der Waals surface area contributed by atoms with E-state index < -0.39 is 0 Å². The van der Waals surface area contributed by atoms with Crippen molar-refractivity contribution in [2.45, 2.75) is 0 Å². The molecule has 4 rings (SSSR count). The molecule has 1 aromatic heterocycles. The van der Waals surface area contributed by atoms with Crippen LogP contribution in [0.25, 0.3) is 0 Å². The van der Waals surface area contributed by atoms with Crippen LogP contribution in [0.5, 0.6) is 5.75 Å². The number of hydrogen-bond donors (Lipinski definition) is 1. The molecule has 0 bridgehead atoms. The maximum atomic E-state index is 10.1. The highest BCUT2D eigenvalue weighted by molar-refractivity contribution is 5.86. The molecule has 0 spiro atoms. The number of pyridine rings is 1. The van der Waals surface area contributed by atoms with Gasteiger partial charge in [-0.25, -0.2) is 9.98 Å². The van der Waals surface area contributed by atoms with Crippen molar-refractivity contribution in [2.75, 3.05) is 0 Å². The summed E-state index contributed by atoms with van der Waals surface area (Å²) in [5.74, 6) is 0.658. The minimum Gasteiger partial charge on any atom is -0.507 e. The maximum Gasteiger partial charge on any atom is 0.151 e. The van der Waals surface area contributed by atoms with Gasteiger partial charge in [-0.3, -0.25) is 0 Å². The third kappa shape index (κ3) is 5.74. The molecule has 3 aromatic carbocycles. The smallest absolute Gasteiger partial charge is 0.151 e. The van der Waals surface area contributed by atoms with Crippen LogP contribution in [0.3, 0.4) is 0 Å². The Morgan fingerprint density at radius 3 is 1.84 bits per heavy atom. The molecule has 0 saturated heterocycles. The van der Waals surface area contributed by atoms with E-state index in [1.54, 1.807) is 36.7 Å². The zero-order valence-electron chi connectivity index (χ0n) is 16.4. The van der Waals surface area contributed by atoms with Gasteiger partial charge in [-0.1, -0.05) is 24.3 Å². The molecule has 1 heterocycles. The van der Waals surface area contributed by atoms with Gasteiger partial charge >= 0.3 is 0 Å². The third-order valence-electron chi connectivity index (χ3n) is 4.16. The van der Waals surface area contributed by atoms with Gasteiger partial charge in [0.25, 0.3) is 0 Å². The third-order valence-corrected chi connectivity index (χ3v) is 4.16. The number of aliphatic imine (C=N–C) groups is 1. The van der Waals surface area contributed by atoms with Crippen molar-refractivity contribution in [3.05, 3.63) is 103 Å². The fourth-order valence-corrected chi connectivity index (χ4v) is 2.58. The van der Waals surface area contributed by atoms with Crippen molar-refractivity contribution in [1.29, 1.82) is 0 Å². The standard InChI is InChI=1S/C24H18N6O/c31-23-14-13-22(16-18(23)17-26-24-8-4-5-15-25-24)30-29-21-11-9-20(10-12-21)28-27-19-6-2-1-3-7-19/h1-17,31H. The van der Waals surface area contributed by atoms with E-state index in [1.807, 2.05) is 66.7 Å². The molecule has 0 aliphatic carbocycles. The molecule has 4 aromatic rings. The van der Waals surface area contributed by atoms with E-state index in [9.17, 15) is 5.11 Å². The highest BCUT2D eigenvalue weighted by Crippen LogP contribution is 2.26. The van der Waals surface area contributed by atoms with Crippen LogP contribution in [0.15, 0.2) is 123 Å². The minimum absolute atomic E-state index is 0.103. The quantitative estimate of drug-likeness (QED) is 0.267. The number of hydrogen-bond acceptors (Lipinski definition) is 7. The highest BCUT2D eigenvalue weighted by atomic mass is 16.3. The normalized spacial score (nSPS) is 11.6. The van der Waals surface area contributed by atoms with Gasteiger partial charge in [0.15, 0.2) is 5.82 Å². The first kappa shape index (κ1) is 19.8. The summed E-state index contributed by atoms with van der Waals surface area (Å²) >= 11 is 0. The Morgan fingerprint density at radius 2 is 1.19 bits per heavy atom. The fraction of sp³-hybridized carbons (Fsp3) is 0. The van der Waals surface area contributed by atoms with Crippen molar-refractivity contribution in [3.63, 3.8) is 0 Å². The Balaban J connectivity index is 1.44. The number of phenols is 1. The molecule has 7 heteroatoms. The second-order valence-corrected chi connectivity index (χ2v) is 6.44. The Kier molecular flexibility index (Phi) is 6.25. The van der Waals surface area contributed by atoms with Crippen molar-refractivity contribution in [1.82, 2.24) is 4.98 Å². The Bertz CT molecular complexity index is 1220. The summed E-state index contributed by atoms with van der Waals surface area (Å²) in [6, 6.07) is 27.2. The average molecular weight is 406 g/mol. The van der Waals surface area contributed by atoms with Gasteiger partial charge in [-0.15, -0.1) is 0 Å². The molecule has 0 fully saturated rings. The SMILES string of the molecule is Oc1ccc(N=Nc2ccc(N=Nc3ccccc3)cc2)cc1C=Nc1ccccn1. The summed E-state index contributed by atoms with van der Waals surface area (Å²) < 4.78 is 0. The molecule has 0 aliphatic rings. The lowest BCUT2D eigenvalue weighted by Crippen LogP contribution is -1.82. The van der Waals surface area contributed by atoms with Gasteiger partial charge < -0.3 is 5.11 Å². The lowest BCUT2D eigenvalue weighted by molar-refractivity contribution is 0.474. The molecule has 0 saturated carbocycles. The van der Waals surface area contributed by atoms with Crippen molar-refractivity contribution >= 4 is 34.8 Å². The molecule has 0 unspecified atom stereocenters. The summed E-state index contributed by atoms with van der Waals surface area (Å²) in [7, 11) is 0. The van der Waals surface area contributed by atoms with Crippen LogP contribution in [-0.4, -0.2) is 16.3 Å². The van der Waals surface area contributed by atoms with E-state index in [0.29, 0.717) is 22.8 Å². The predicted molar refractivity (Wildman–Crippen MR) is 121 cm³/mol. The molecule has 1 N–H and O–H groups in total. The first-order valence-electron chi connectivity index (χ1n) is 9.53. The molecule has 0 atom stereocenters. The van der Waals surface area contributed by atoms with Gasteiger partial charge in [0, 0.05) is 18.0 Å². The lowest BCUT2D eigenvalue weighted by Gasteiger charge is -2.00. The summed E-state index contributed by atoms with van der Waals surface area (Å²) in [6.45, 7) is 0. The molecule has 0 aliphatic heterocycles. The topological polar surface area (TPSA) is 94.9 Å². The van der Waals surface area contributed by atoms with Gasteiger partial charge in [-0.2, -0.15) is 20.5 Å². The van der Waals surface area contributed by atoms with Crippen LogP contribution < -0.4 is 0 Å². The fourth-order valence-electron chi connectivity index (χ4n) is 2.58. The first-order valence-corrected chi connectivity index (χ1v) is 9.53. The van der Waals surface area contributed by atoms with E-state index in [0.717, 1.165) is 11.4 Å². The largest absolute Gasteiger partial charge is 0.507 e. The van der Waals surface area contributed by atoms with Gasteiger partial charge in [-0.05, 0) is 66.7 Å². The van der Waals surface area contributed by atoms with Gasteiger partial charge in [0.1, 0.15) is 5.75 Å². The lowest BCUT2D eigenvalue weighted by atomic mass is 10.2.